The van der Waals surface area contributed by atoms with Gasteiger partial charge in [-0.15, -0.1) is 0 Å². The maximum atomic E-state index is 13.2. The third-order valence-corrected chi connectivity index (χ3v) is 3.64. The van der Waals surface area contributed by atoms with Gasteiger partial charge in [-0.3, -0.25) is 4.79 Å². The van der Waals surface area contributed by atoms with Gasteiger partial charge in [-0.05, 0) is 31.0 Å². The van der Waals surface area contributed by atoms with E-state index in [1.807, 2.05) is 0 Å². The van der Waals surface area contributed by atoms with Crippen molar-refractivity contribution < 1.29 is 27.2 Å². The number of likely N-dealkylation sites (tertiary alicyclic amines) is 1. The molecule has 1 heterocycles. The molecule has 0 aromatic heterocycles. The van der Waals surface area contributed by atoms with Crippen LogP contribution in [0.15, 0.2) is 18.2 Å². The number of hydrogen-bond acceptors (Lipinski definition) is 2. The van der Waals surface area contributed by atoms with E-state index in [1.165, 1.54) is 11.8 Å². The maximum absolute atomic E-state index is 13.2. The largest absolute Gasteiger partial charge is 0.419 e. The third-order valence-electron chi connectivity index (χ3n) is 3.64. The zero-order chi connectivity index (χ0) is 17.9. The molecule has 2 N–H and O–H groups in total. The van der Waals surface area contributed by atoms with Crippen LogP contribution in [0.1, 0.15) is 25.3 Å². The van der Waals surface area contributed by atoms with Gasteiger partial charge in [-0.1, -0.05) is 0 Å². The summed E-state index contributed by atoms with van der Waals surface area (Å²) >= 11 is 0. The van der Waals surface area contributed by atoms with Crippen LogP contribution in [0.2, 0.25) is 0 Å². The van der Waals surface area contributed by atoms with E-state index in [4.69, 9.17) is 0 Å². The Morgan fingerprint density at radius 2 is 2.00 bits per heavy atom. The molecule has 24 heavy (non-hydrogen) atoms. The summed E-state index contributed by atoms with van der Waals surface area (Å²) in [6, 6.07) is 1.50. The summed E-state index contributed by atoms with van der Waals surface area (Å²) in [6.07, 6.45) is -3.46. The highest BCUT2D eigenvalue weighted by atomic mass is 19.4. The number of anilines is 1. The average molecular weight is 347 g/mol. The van der Waals surface area contributed by atoms with Crippen molar-refractivity contribution in [3.05, 3.63) is 29.6 Å². The number of piperidine rings is 1. The van der Waals surface area contributed by atoms with Gasteiger partial charge in [-0.2, -0.15) is 13.2 Å². The molecule has 0 saturated carbocycles. The zero-order valence-corrected chi connectivity index (χ0v) is 12.9. The van der Waals surface area contributed by atoms with Crippen molar-refractivity contribution in [2.45, 2.75) is 32.0 Å². The maximum Gasteiger partial charge on any atom is 0.419 e. The molecule has 1 atom stereocenters. The van der Waals surface area contributed by atoms with E-state index in [-0.39, 0.29) is 24.2 Å². The molecule has 0 radical (unpaired) electrons. The molecule has 1 saturated heterocycles. The van der Waals surface area contributed by atoms with Crippen LogP contribution in [0.3, 0.4) is 0 Å². The molecular weight excluding hydrogens is 330 g/mol. The molecule has 0 unspecified atom stereocenters. The highest BCUT2D eigenvalue weighted by Gasteiger charge is 2.34. The van der Waals surface area contributed by atoms with Gasteiger partial charge in [0.2, 0.25) is 5.91 Å². The van der Waals surface area contributed by atoms with Gasteiger partial charge < -0.3 is 15.5 Å². The van der Waals surface area contributed by atoms with Crippen molar-refractivity contribution in [2.75, 3.05) is 18.4 Å². The summed E-state index contributed by atoms with van der Waals surface area (Å²) < 4.78 is 51.3. The Morgan fingerprint density at radius 3 is 2.62 bits per heavy atom. The summed E-state index contributed by atoms with van der Waals surface area (Å²) in [4.78, 5) is 24.6. The predicted molar refractivity (Wildman–Crippen MR) is 78.8 cm³/mol. The average Bonchev–Trinajstić information content (AvgIpc) is 2.47. The van der Waals surface area contributed by atoms with E-state index in [0.717, 1.165) is 12.5 Å². The monoisotopic (exact) mass is 347 g/mol. The van der Waals surface area contributed by atoms with Crippen molar-refractivity contribution in [3.8, 4) is 0 Å². The highest BCUT2D eigenvalue weighted by Crippen LogP contribution is 2.33. The quantitative estimate of drug-likeness (QED) is 0.808. The number of nitrogens with one attached hydrogen (secondary N) is 2. The van der Waals surface area contributed by atoms with Crippen LogP contribution in [-0.2, 0) is 11.0 Å². The number of carbonyl (C=O) groups excluding carboxylic acids is 2. The molecule has 1 aliphatic heterocycles. The normalized spacial score (nSPS) is 18.2. The molecule has 132 valence electrons. The van der Waals surface area contributed by atoms with Crippen LogP contribution < -0.4 is 10.6 Å². The number of alkyl halides is 3. The minimum absolute atomic E-state index is 0.143. The van der Waals surface area contributed by atoms with Gasteiger partial charge in [0.25, 0.3) is 0 Å². The lowest BCUT2D eigenvalue weighted by molar-refractivity contribution is -0.140. The van der Waals surface area contributed by atoms with Gasteiger partial charge >= 0.3 is 12.2 Å². The Morgan fingerprint density at radius 1 is 1.29 bits per heavy atom. The molecule has 1 aliphatic rings. The fourth-order valence-electron chi connectivity index (χ4n) is 2.59. The van der Waals surface area contributed by atoms with Crippen molar-refractivity contribution in [2.24, 2.45) is 0 Å². The van der Waals surface area contributed by atoms with Crippen LogP contribution in [-0.4, -0.2) is 36.0 Å². The smallest absolute Gasteiger partial charge is 0.352 e. The Bertz CT molecular complexity index is 634. The summed E-state index contributed by atoms with van der Waals surface area (Å²) in [6.45, 7) is 2.06. The number of carbonyl (C=O) groups is 2. The van der Waals surface area contributed by atoms with Crippen LogP contribution in [0.4, 0.5) is 28.0 Å². The lowest BCUT2D eigenvalue weighted by Gasteiger charge is -2.33. The predicted octanol–water partition coefficient (Wildman–Crippen LogP) is 2.98. The standard InChI is InChI=1S/C15H17F4N3O2/c1-9(23)20-11-3-2-6-22(8-11)14(24)21-10-4-5-13(16)12(7-10)15(17,18)19/h4-5,7,11H,2-3,6,8H2,1H3,(H,20,23)(H,21,24)/t11-/m0/s1. The van der Waals surface area contributed by atoms with E-state index in [0.29, 0.717) is 25.1 Å². The minimum atomic E-state index is -4.84. The second kappa shape index (κ2) is 7.06. The summed E-state index contributed by atoms with van der Waals surface area (Å²) in [5.41, 5.74) is -1.58. The number of nitrogens with zero attached hydrogens (tertiary/aromatic N) is 1. The summed E-state index contributed by atoms with van der Waals surface area (Å²) in [5, 5.41) is 5.04. The molecule has 0 bridgehead atoms. The van der Waals surface area contributed by atoms with E-state index < -0.39 is 23.6 Å². The molecule has 3 amide bonds. The second-order valence-electron chi connectivity index (χ2n) is 5.61. The highest BCUT2D eigenvalue weighted by molar-refractivity contribution is 5.89. The van der Waals surface area contributed by atoms with Crippen molar-refractivity contribution in [3.63, 3.8) is 0 Å². The van der Waals surface area contributed by atoms with Crippen molar-refractivity contribution in [1.82, 2.24) is 10.2 Å². The second-order valence-corrected chi connectivity index (χ2v) is 5.61. The van der Waals surface area contributed by atoms with Crippen molar-refractivity contribution in [1.29, 1.82) is 0 Å². The molecule has 0 aliphatic carbocycles. The molecule has 9 heteroatoms. The van der Waals surface area contributed by atoms with E-state index in [2.05, 4.69) is 10.6 Å². The van der Waals surface area contributed by atoms with Crippen LogP contribution in [0.5, 0.6) is 0 Å². The molecule has 1 aromatic rings. The molecule has 1 aromatic carbocycles. The molecule has 2 rings (SSSR count). The third kappa shape index (κ3) is 4.59. The first-order valence-corrected chi connectivity index (χ1v) is 7.36. The number of benzene rings is 1. The lowest BCUT2D eigenvalue weighted by Crippen LogP contribution is -2.50. The van der Waals surface area contributed by atoms with Gasteiger partial charge in [-0.25, -0.2) is 9.18 Å². The Labute approximate surface area is 136 Å². The SMILES string of the molecule is CC(=O)N[C@H]1CCCN(C(=O)Nc2ccc(F)c(C(F)(F)F)c2)C1. The number of hydrogen-bond donors (Lipinski definition) is 2. The Hall–Kier alpha value is -2.32. The van der Waals surface area contributed by atoms with Gasteiger partial charge in [0.05, 0.1) is 5.56 Å². The fraction of sp³-hybridized carbons (Fsp3) is 0.467. The first-order chi connectivity index (χ1) is 11.2. The first-order valence-electron chi connectivity index (χ1n) is 7.36. The van der Waals surface area contributed by atoms with Crippen LogP contribution >= 0.6 is 0 Å². The number of halogens is 4. The summed E-state index contributed by atoms with van der Waals surface area (Å²) in [5.74, 6) is -1.61. The molecular formula is C15H17F4N3O2. The van der Waals surface area contributed by atoms with Crippen LogP contribution in [0.25, 0.3) is 0 Å². The zero-order valence-electron chi connectivity index (χ0n) is 12.9. The summed E-state index contributed by atoms with van der Waals surface area (Å²) in [7, 11) is 0. The van der Waals surface area contributed by atoms with E-state index >= 15 is 0 Å². The van der Waals surface area contributed by atoms with E-state index in [1.54, 1.807) is 0 Å². The first kappa shape index (κ1) is 18.0. The molecule has 0 spiro atoms. The molecule has 1 fully saturated rings. The number of rotatable bonds is 2. The fourth-order valence-corrected chi connectivity index (χ4v) is 2.59. The van der Waals surface area contributed by atoms with Crippen LogP contribution in [0, 0.1) is 5.82 Å². The number of urea groups is 1. The van der Waals surface area contributed by atoms with Gasteiger partial charge in [0.1, 0.15) is 5.82 Å². The topological polar surface area (TPSA) is 61.4 Å². The van der Waals surface area contributed by atoms with Crippen molar-refractivity contribution >= 4 is 17.6 Å². The number of amides is 3. The van der Waals surface area contributed by atoms with Gasteiger partial charge in [0, 0.05) is 31.7 Å². The molecule has 5 nitrogen and oxygen atoms in total. The van der Waals surface area contributed by atoms with Gasteiger partial charge in [0.15, 0.2) is 0 Å². The Kier molecular flexibility index (Phi) is 5.30. The van der Waals surface area contributed by atoms with E-state index in [9.17, 15) is 27.2 Å². The Balaban J connectivity index is 2.05. The lowest BCUT2D eigenvalue weighted by atomic mass is 10.1. The minimum Gasteiger partial charge on any atom is -0.352 e.